The first kappa shape index (κ1) is 21.0. The molecule has 6 heteroatoms. The maximum atomic E-state index is 12.5. The van der Waals surface area contributed by atoms with Crippen LogP contribution in [0.5, 0.6) is 11.5 Å². The molecule has 1 amide bonds. The van der Waals surface area contributed by atoms with Gasteiger partial charge < -0.3 is 19.7 Å². The number of ether oxygens (including phenoxy) is 2. The molecule has 1 aliphatic rings. The highest BCUT2D eigenvalue weighted by Crippen LogP contribution is 2.28. The van der Waals surface area contributed by atoms with Gasteiger partial charge in [-0.2, -0.15) is 0 Å². The van der Waals surface area contributed by atoms with E-state index >= 15 is 0 Å². The minimum absolute atomic E-state index is 0.137. The Labute approximate surface area is 173 Å². The third-order valence-corrected chi connectivity index (χ3v) is 5.07. The number of hydrogen-bond acceptors (Lipinski definition) is 5. The monoisotopic (exact) mass is 397 g/mol. The number of carbonyl (C=O) groups is 1. The summed E-state index contributed by atoms with van der Waals surface area (Å²) in [5.74, 6) is 2.80. The van der Waals surface area contributed by atoms with Crippen LogP contribution in [0.3, 0.4) is 0 Å². The van der Waals surface area contributed by atoms with Crippen LogP contribution < -0.4 is 19.7 Å². The number of rotatable bonds is 9. The topological polar surface area (TPSA) is 63.7 Å². The molecule has 0 spiro atoms. The van der Waals surface area contributed by atoms with Crippen molar-refractivity contribution in [3.63, 3.8) is 0 Å². The molecule has 1 aromatic carbocycles. The van der Waals surface area contributed by atoms with E-state index in [1.165, 1.54) is 12.8 Å². The van der Waals surface area contributed by atoms with Crippen LogP contribution in [0, 0.1) is 5.92 Å². The minimum Gasteiger partial charge on any atom is -0.493 e. The standard InChI is InChI=1S/C23H31N3O3/c1-17(2)10-13-29-20-8-6-18(14-21(20)28-3)15-25-23(27)19-7-9-22(24-16-19)26-11-4-5-12-26/h6-9,14,16-17H,4-5,10-13,15H2,1-3H3,(H,25,27). The number of pyridine rings is 1. The van der Waals surface area contributed by atoms with Gasteiger partial charge >= 0.3 is 0 Å². The van der Waals surface area contributed by atoms with Gasteiger partial charge in [-0.25, -0.2) is 4.98 Å². The van der Waals surface area contributed by atoms with E-state index in [2.05, 4.69) is 29.0 Å². The first-order valence-electron chi connectivity index (χ1n) is 10.4. The fourth-order valence-corrected chi connectivity index (χ4v) is 3.28. The van der Waals surface area contributed by atoms with Crippen molar-refractivity contribution in [2.45, 2.75) is 39.7 Å². The van der Waals surface area contributed by atoms with Crippen molar-refractivity contribution in [2.24, 2.45) is 5.92 Å². The van der Waals surface area contributed by atoms with Crippen molar-refractivity contribution < 1.29 is 14.3 Å². The smallest absolute Gasteiger partial charge is 0.253 e. The summed E-state index contributed by atoms with van der Waals surface area (Å²) in [5.41, 5.74) is 1.52. The largest absolute Gasteiger partial charge is 0.493 e. The Bertz CT molecular complexity index is 800. The Hall–Kier alpha value is -2.76. The number of carbonyl (C=O) groups excluding carboxylic acids is 1. The molecule has 29 heavy (non-hydrogen) atoms. The SMILES string of the molecule is COc1cc(CNC(=O)c2ccc(N3CCCC3)nc2)ccc1OCCC(C)C. The van der Waals surface area contributed by atoms with Gasteiger partial charge in [0.2, 0.25) is 0 Å². The number of methoxy groups -OCH3 is 1. The maximum absolute atomic E-state index is 12.5. The molecule has 1 fully saturated rings. The third kappa shape index (κ3) is 5.86. The van der Waals surface area contributed by atoms with Crippen molar-refractivity contribution in [3.8, 4) is 11.5 Å². The predicted molar refractivity (Wildman–Crippen MR) is 115 cm³/mol. The van der Waals surface area contributed by atoms with Gasteiger partial charge in [-0.1, -0.05) is 19.9 Å². The van der Waals surface area contributed by atoms with Crippen LogP contribution in [0.25, 0.3) is 0 Å². The summed E-state index contributed by atoms with van der Waals surface area (Å²) in [5, 5.41) is 2.94. The normalized spacial score (nSPS) is 13.6. The van der Waals surface area contributed by atoms with Gasteiger partial charge in [0.1, 0.15) is 5.82 Å². The van der Waals surface area contributed by atoms with Crippen molar-refractivity contribution in [1.29, 1.82) is 0 Å². The molecule has 6 nitrogen and oxygen atoms in total. The average Bonchev–Trinajstić information content (AvgIpc) is 3.27. The number of nitrogens with one attached hydrogen (secondary N) is 1. The van der Waals surface area contributed by atoms with Gasteiger partial charge in [-0.3, -0.25) is 4.79 Å². The van der Waals surface area contributed by atoms with E-state index < -0.39 is 0 Å². The van der Waals surface area contributed by atoms with Gasteiger partial charge in [0.15, 0.2) is 11.5 Å². The highest BCUT2D eigenvalue weighted by atomic mass is 16.5. The van der Waals surface area contributed by atoms with Gasteiger partial charge in [0.05, 0.1) is 19.3 Å². The zero-order valence-electron chi connectivity index (χ0n) is 17.6. The van der Waals surface area contributed by atoms with Gasteiger partial charge in [0.25, 0.3) is 5.91 Å². The minimum atomic E-state index is -0.137. The maximum Gasteiger partial charge on any atom is 0.253 e. The fraction of sp³-hybridized carbons (Fsp3) is 0.478. The molecule has 1 aliphatic heterocycles. The second kappa shape index (κ2) is 10.1. The Kier molecular flexibility index (Phi) is 7.33. The first-order valence-corrected chi connectivity index (χ1v) is 10.4. The summed E-state index contributed by atoms with van der Waals surface area (Å²) < 4.78 is 11.3. The number of hydrogen-bond donors (Lipinski definition) is 1. The summed E-state index contributed by atoms with van der Waals surface area (Å²) in [6.45, 7) is 7.48. The van der Waals surface area contributed by atoms with Gasteiger partial charge in [-0.05, 0) is 55.0 Å². The predicted octanol–water partition coefficient (Wildman–Crippen LogP) is 4.05. The molecule has 2 aromatic rings. The Balaban J connectivity index is 1.55. The number of amides is 1. The van der Waals surface area contributed by atoms with E-state index in [1.807, 2.05) is 30.3 Å². The van der Waals surface area contributed by atoms with Gasteiger partial charge in [-0.15, -0.1) is 0 Å². The van der Waals surface area contributed by atoms with Crippen LogP contribution in [0.15, 0.2) is 36.5 Å². The molecule has 0 unspecified atom stereocenters. The molecular weight excluding hydrogens is 366 g/mol. The average molecular weight is 398 g/mol. The van der Waals surface area contributed by atoms with E-state index in [4.69, 9.17) is 9.47 Å². The molecule has 1 N–H and O–H groups in total. The molecule has 0 saturated carbocycles. The number of nitrogens with zero attached hydrogens (tertiary/aromatic N) is 2. The lowest BCUT2D eigenvalue weighted by atomic mass is 10.1. The van der Waals surface area contributed by atoms with Crippen LogP contribution in [0.2, 0.25) is 0 Å². The van der Waals surface area contributed by atoms with Gasteiger partial charge in [0, 0.05) is 25.8 Å². The van der Waals surface area contributed by atoms with Crippen molar-refractivity contribution in [3.05, 3.63) is 47.7 Å². The molecule has 156 valence electrons. The Morgan fingerprint density at radius 2 is 1.97 bits per heavy atom. The third-order valence-electron chi connectivity index (χ3n) is 5.07. The molecule has 2 heterocycles. The van der Waals surface area contributed by atoms with Crippen molar-refractivity contribution in [2.75, 3.05) is 31.7 Å². The molecule has 0 atom stereocenters. The number of aromatic nitrogens is 1. The highest BCUT2D eigenvalue weighted by molar-refractivity contribution is 5.94. The lowest BCUT2D eigenvalue weighted by Gasteiger charge is -2.16. The Morgan fingerprint density at radius 3 is 2.62 bits per heavy atom. The van der Waals surface area contributed by atoms with Crippen LogP contribution in [-0.2, 0) is 6.54 Å². The second-order valence-corrected chi connectivity index (χ2v) is 7.80. The summed E-state index contributed by atoms with van der Waals surface area (Å²) in [6, 6.07) is 9.50. The molecule has 0 radical (unpaired) electrons. The van der Waals surface area contributed by atoms with E-state index in [-0.39, 0.29) is 5.91 Å². The summed E-state index contributed by atoms with van der Waals surface area (Å²) in [4.78, 5) is 19.2. The first-order chi connectivity index (χ1) is 14.1. The number of benzene rings is 1. The zero-order chi connectivity index (χ0) is 20.6. The van der Waals surface area contributed by atoms with Crippen LogP contribution in [0.4, 0.5) is 5.82 Å². The van der Waals surface area contributed by atoms with Crippen molar-refractivity contribution in [1.82, 2.24) is 10.3 Å². The Morgan fingerprint density at radius 1 is 1.17 bits per heavy atom. The fourth-order valence-electron chi connectivity index (χ4n) is 3.28. The number of anilines is 1. The lowest BCUT2D eigenvalue weighted by Crippen LogP contribution is -2.24. The molecule has 1 saturated heterocycles. The second-order valence-electron chi connectivity index (χ2n) is 7.80. The molecule has 1 aromatic heterocycles. The molecular formula is C23H31N3O3. The van der Waals surface area contributed by atoms with E-state index in [0.29, 0.717) is 30.4 Å². The van der Waals surface area contributed by atoms with Crippen LogP contribution in [-0.4, -0.2) is 37.7 Å². The van der Waals surface area contributed by atoms with E-state index in [1.54, 1.807) is 13.3 Å². The summed E-state index contributed by atoms with van der Waals surface area (Å²) in [6.07, 6.45) is 5.05. The van der Waals surface area contributed by atoms with E-state index in [0.717, 1.165) is 36.6 Å². The summed E-state index contributed by atoms with van der Waals surface area (Å²) in [7, 11) is 1.63. The van der Waals surface area contributed by atoms with Crippen molar-refractivity contribution >= 4 is 11.7 Å². The quantitative estimate of drug-likeness (QED) is 0.692. The zero-order valence-corrected chi connectivity index (χ0v) is 17.6. The van der Waals surface area contributed by atoms with Crippen LogP contribution >= 0.6 is 0 Å². The highest BCUT2D eigenvalue weighted by Gasteiger charge is 2.14. The van der Waals surface area contributed by atoms with E-state index in [9.17, 15) is 4.79 Å². The molecule has 0 aliphatic carbocycles. The van der Waals surface area contributed by atoms with Crippen LogP contribution in [0.1, 0.15) is 49.0 Å². The molecule has 3 rings (SSSR count). The summed E-state index contributed by atoms with van der Waals surface area (Å²) >= 11 is 0. The lowest BCUT2D eigenvalue weighted by molar-refractivity contribution is 0.0950. The molecule has 0 bridgehead atoms.